The normalized spacial score (nSPS) is 14.0. The summed E-state index contributed by atoms with van der Waals surface area (Å²) in [4.78, 5) is 0. The fourth-order valence-corrected chi connectivity index (χ4v) is 2.62. The molecule has 1 aromatic heterocycles. The lowest BCUT2D eigenvalue weighted by molar-refractivity contribution is 0.319. The molecular weight excluding hydrogens is 230 g/mol. The summed E-state index contributed by atoms with van der Waals surface area (Å²) in [7, 11) is -3.43. The Morgan fingerprint density at radius 1 is 1.50 bits per heavy atom. The summed E-state index contributed by atoms with van der Waals surface area (Å²) in [6.45, 7) is 4.96. The molecule has 0 aromatic carbocycles. The molecular formula is C10H17NO4S. The number of nitrogens with one attached hydrogen (secondary N) is 1. The van der Waals surface area contributed by atoms with E-state index >= 15 is 0 Å². The molecule has 0 bridgehead atoms. The maximum absolute atomic E-state index is 11.4. The first kappa shape index (κ1) is 13.2. The monoisotopic (exact) mass is 247 g/mol. The van der Waals surface area contributed by atoms with Crippen LogP contribution in [0.25, 0.3) is 0 Å². The van der Waals surface area contributed by atoms with E-state index in [1.807, 2.05) is 13.0 Å². The van der Waals surface area contributed by atoms with Crippen molar-refractivity contribution in [3.05, 3.63) is 23.2 Å². The minimum atomic E-state index is -3.43. The molecule has 2 N–H and O–H groups in total. The van der Waals surface area contributed by atoms with Crippen LogP contribution >= 0.6 is 0 Å². The van der Waals surface area contributed by atoms with Crippen molar-refractivity contribution in [1.82, 2.24) is 4.72 Å². The average Bonchev–Trinajstić information content (AvgIpc) is 2.44. The van der Waals surface area contributed by atoms with Gasteiger partial charge in [-0.2, -0.15) is 0 Å². The maximum atomic E-state index is 11.4. The molecule has 1 atom stereocenters. The molecule has 0 aliphatic carbocycles. The Labute approximate surface area is 95.5 Å². The van der Waals surface area contributed by atoms with E-state index in [-0.39, 0.29) is 18.4 Å². The Morgan fingerprint density at radius 2 is 2.12 bits per heavy atom. The summed E-state index contributed by atoms with van der Waals surface area (Å²) >= 11 is 0. The zero-order chi connectivity index (χ0) is 12.3. The van der Waals surface area contributed by atoms with Gasteiger partial charge in [-0.15, -0.1) is 0 Å². The molecule has 0 aliphatic heterocycles. The summed E-state index contributed by atoms with van der Waals surface area (Å²) in [5.74, 6) is 1.17. The van der Waals surface area contributed by atoms with Crippen molar-refractivity contribution < 1.29 is 17.9 Å². The molecule has 5 nitrogen and oxygen atoms in total. The van der Waals surface area contributed by atoms with E-state index in [0.29, 0.717) is 5.76 Å². The van der Waals surface area contributed by atoms with Gasteiger partial charge in [0.15, 0.2) is 0 Å². The Kier molecular flexibility index (Phi) is 4.12. The van der Waals surface area contributed by atoms with Crippen LogP contribution in [0.1, 0.15) is 30.0 Å². The summed E-state index contributed by atoms with van der Waals surface area (Å²) < 4.78 is 30.7. The van der Waals surface area contributed by atoms with Gasteiger partial charge in [0.05, 0.1) is 12.4 Å². The van der Waals surface area contributed by atoms with Crippen LogP contribution in [0.4, 0.5) is 0 Å². The van der Waals surface area contributed by atoms with E-state index in [9.17, 15) is 8.42 Å². The molecule has 92 valence electrons. The van der Waals surface area contributed by atoms with Crippen molar-refractivity contribution in [2.45, 2.75) is 26.8 Å². The lowest BCUT2D eigenvalue weighted by Gasteiger charge is -2.12. The minimum Gasteiger partial charge on any atom is -0.466 e. The number of aliphatic hydroxyl groups excluding tert-OH is 1. The van der Waals surface area contributed by atoms with Gasteiger partial charge in [-0.05, 0) is 26.8 Å². The first-order valence-corrected chi connectivity index (χ1v) is 6.68. The highest BCUT2D eigenvalue weighted by Crippen LogP contribution is 2.21. The second kappa shape index (κ2) is 4.99. The van der Waals surface area contributed by atoms with E-state index in [0.717, 1.165) is 11.3 Å². The van der Waals surface area contributed by atoms with Crippen LogP contribution in [0.2, 0.25) is 0 Å². The van der Waals surface area contributed by atoms with Crippen molar-refractivity contribution in [2.24, 2.45) is 0 Å². The predicted octanol–water partition coefficient (Wildman–Crippen LogP) is 0.869. The van der Waals surface area contributed by atoms with Gasteiger partial charge in [0.1, 0.15) is 11.5 Å². The van der Waals surface area contributed by atoms with Crippen molar-refractivity contribution in [3.8, 4) is 0 Å². The van der Waals surface area contributed by atoms with E-state index in [1.165, 1.54) is 0 Å². The van der Waals surface area contributed by atoms with Crippen molar-refractivity contribution in [2.75, 3.05) is 12.4 Å². The van der Waals surface area contributed by atoms with Crippen molar-refractivity contribution >= 4 is 10.0 Å². The highest BCUT2D eigenvalue weighted by molar-refractivity contribution is 7.89. The minimum absolute atomic E-state index is 0.285. The maximum Gasteiger partial charge on any atom is 0.214 e. The summed E-state index contributed by atoms with van der Waals surface area (Å²) in [6, 6.07) is 1.45. The molecule has 0 aliphatic rings. The first-order chi connectivity index (χ1) is 7.35. The highest BCUT2D eigenvalue weighted by Gasteiger charge is 2.18. The third-order valence-electron chi connectivity index (χ3n) is 2.26. The molecule has 0 radical (unpaired) electrons. The smallest absolute Gasteiger partial charge is 0.214 e. The molecule has 0 saturated heterocycles. The average molecular weight is 247 g/mol. The summed E-state index contributed by atoms with van der Waals surface area (Å²) in [5, 5.41) is 8.61. The van der Waals surface area contributed by atoms with E-state index in [4.69, 9.17) is 9.52 Å². The number of sulfonamides is 1. The number of rotatable bonds is 5. The van der Waals surface area contributed by atoms with Gasteiger partial charge in [0, 0.05) is 11.6 Å². The van der Waals surface area contributed by atoms with Gasteiger partial charge in [0.2, 0.25) is 10.0 Å². The zero-order valence-corrected chi connectivity index (χ0v) is 10.5. The van der Waals surface area contributed by atoms with Gasteiger partial charge in [-0.3, -0.25) is 0 Å². The first-order valence-electron chi connectivity index (χ1n) is 5.03. The lowest BCUT2D eigenvalue weighted by atomic mass is 10.1. The zero-order valence-electron chi connectivity index (χ0n) is 9.65. The summed E-state index contributed by atoms with van der Waals surface area (Å²) in [5.41, 5.74) is 0.819. The quantitative estimate of drug-likeness (QED) is 0.809. The molecule has 1 heterocycles. The summed E-state index contributed by atoms with van der Waals surface area (Å²) in [6.07, 6.45) is 0. The topological polar surface area (TPSA) is 79.5 Å². The van der Waals surface area contributed by atoms with E-state index < -0.39 is 10.0 Å². The molecule has 0 saturated carbocycles. The Hall–Kier alpha value is -0.850. The van der Waals surface area contributed by atoms with Crippen LogP contribution in [-0.2, 0) is 10.0 Å². The van der Waals surface area contributed by atoms with Crippen LogP contribution < -0.4 is 4.72 Å². The van der Waals surface area contributed by atoms with E-state index in [1.54, 1.807) is 13.8 Å². The SMILES string of the molecule is Cc1cc(C(C)NS(=O)(=O)CCO)c(C)o1. The van der Waals surface area contributed by atoms with Gasteiger partial charge in [0.25, 0.3) is 0 Å². The van der Waals surface area contributed by atoms with Gasteiger partial charge in [-0.1, -0.05) is 0 Å². The molecule has 1 rings (SSSR count). The molecule has 1 unspecified atom stereocenters. The number of aliphatic hydroxyl groups is 1. The van der Waals surface area contributed by atoms with Gasteiger partial charge < -0.3 is 9.52 Å². The molecule has 0 fully saturated rings. The molecule has 0 spiro atoms. The molecule has 0 amide bonds. The largest absolute Gasteiger partial charge is 0.466 e. The molecule has 6 heteroatoms. The van der Waals surface area contributed by atoms with Crippen LogP contribution in [-0.4, -0.2) is 25.9 Å². The Balaban J connectivity index is 2.80. The van der Waals surface area contributed by atoms with Crippen LogP contribution in [0.3, 0.4) is 0 Å². The lowest BCUT2D eigenvalue weighted by Crippen LogP contribution is -2.30. The van der Waals surface area contributed by atoms with Crippen LogP contribution in [0, 0.1) is 13.8 Å². The predicted molar refractivity (Wildman–Crippen MR) is 60.6 cm³/mol. The van der Waals surface area contributed by atoms with Crippen molar-refractivity contribution in [1.29, 1.82) is 0 Å². The second-order valence-electron chi connectivity index (χ2n) is 3.75. The van der Waals surface area contributed by atoms with Crippen LogP contribution in [0.5, 0.6) is 0 Å². The number of furan rings is 1. The van der Waals surface area contributed by atoms with Crippen LogP contribution in [0.15, 0.2) is 10.5 Å². The number of hydrogen-bond donors (Lipinski definition) is 2. The van der Waals surface area contributed by atoms with Gasteiger partial charge >= 0.3 is 0 Å². The fourth-order valence-electron chi connectivity index (χ4n) is 1.59. The Morgan fingerprint density at radius 3 is 2.56 bits per heavy atom. The fraction of sp³-hybridized carbons (Fsp3) is 0.600. The van der Waals surface area contributed by atoms with Crippen molar-refractivity contribution in [3.63, 3.8) is 0 Å². The number of aryl methyl sites for hydroxylation is 2. The standard InChI is InChI=1S/C10H17NO4S/c1-7-6-10(9(3)15-7)8(2)11-16(13,14)5-4-12/h6,8,11-12H,4-5H2,1-3H3. The Bertz CT molecular complexity index is 449. The number of hydrogen-bond acceptors (Lipinski definition) is 4. The third-order valence-corrected chi connectivity index (χ3v) is 3.69. The molecule has 16 heavy (non-hydrogen) atoms. The highest BCUT2D eigenvalue weighted by atomic mass is 32.2. The third kappa shape index (κ3) is 3.33. The van der Waals surface area contributed by atoms with Gasteiger partial charge in [-0.25, -0.2) is 13.1 Å². The molecule has 1 aromatic rings. The van der Waals surface area contributed by atoms with E-state index in [2.05, 4.69) is 4.72 Å². The second-order valence-corrected chi connectivity index (χ2v) is 5.62.